The summed E-state index contributed by atoms with van der Waals surface area (Å²) < 4.78 is 30.6. The Morgan fingerprint density at radius 2 is 1.65 bits per heavy atom. The monoisotopic (exact) mass is 292 g/mol. The molecule has 0 aliphatic heterocycles. The van der Waals surface area contributed by atoms with Crippen molar-refractivity contribution in [2.75, 3.05) is 0 Å². The molecule has 0 fully saturated rings. The van der Waals surface area contributed by atoms with E-state index in [1.165, 1.54) is 30.3 Å². The summed E-state index contributed by atoms with van der Waals surface area (Å²) in [4.78, 5) is -0.213. The maximum absolute atomic E-state index is 10.9. The Labute approximate surface area is 116 Å². The Balaban J connectivity index is 2.26. The van der Waals surface area contributed by atoms with Crippen LogP contribution < -0.4 is 0 Å². The molecule has 2 aromatic rings. The second-order valence-electron chi connectivity index (χ2n) is 4.16. The molecular weight excluding hydrogens is 280 g/mol. The van der Waals surface area contributed by atoms with Crippen LogP contribution >= 0.6 is 0 Å². The normalized spacial score (nSPS) is 11.9. The smallest absolute Gasteiger partial charge is 0.294 e. The molecule has 0 aliphatic rings. The van der Waals surface area contributed by atoms with Crippen molar-refractivity contribution in [3.63, 3.8) is 0 Å². The molecule has 2 rings (SSSR count). The molecular formula is C13H12N2O4S. The number of aromatic hydroxyl groups is 1. The van der Waals surface area contributed by atoms with Gasteiger partial charge in [0.05, 0.1) is 10.6 Å². The number of rotatable bonds is 3. The molecule has 0 unspecified atom stereocenters. The molecule has 7 heteroatoms. The molecule has 0 heterocycles. The van der Waals surface area contributed by atoms with Crippen LogP contribution in [0.15, 0.2) is 57.6 Å². The Hall–Kier alpha value is -2.25. The molecule has 0 atom stereocenters. The summed E-state index contributed by atoms with van der Waals surface area (Å²) in [5, 5.41) is 17.4. The first-order valence-corrected chi connectivity index (χ1v) is 7.09. The first kappa shape index (κ1) is 14.2. The fraction of sp³-hybridized carbons (Fsp3) is 0.0769. The number of hydrogen-bond acceptors (Lipinski definition) is 5. The van der Waals surface area contributed by atoms with Gasteiger partial charge in [-0.2, -0.15) is 13.5 Å². The summed E-state index contributed by atoms with van der Waals surface area (Å²) in [5.74, 6) is 0.00825. The molecule has 6 nitrogen and oxygen atoms in total. The van der Waals surface area contributed by atoms with Crippen LogP contribution in [0, 0.1) is 6.92 Å². The van der Waals surface area contributed by atoms with Crippen molar-refractivity contribution in [1.29, 1.82) is 0 Å². The fourth-order valence-electron chi connectivity index (χ4n) is 1.51. The average molecular weight is 292 g/mol. The minimum Gasteiger partial charge on any atom is -0.506 e. The standard InChI is InChI=1S/C13H12N2O4S/c1-9-2-7-13(16)12(8-9)15-14-10-3-5-11(6-4-10)20(17,18)19/h2-8,16H,1H3,(H,17,18,19)/b15-14+. The van der Waals surface area contributed by atoms with Gasteiger partial charge in [0.1, 0.15) is 11.4 Å². The summed E-state index contributed by atoms with van der Waals surface area (Å²) in [5.41, 5.74) is 1.65. The third kappa shape index (κ3) is 3.40. The third-order valence-electron chi connectivity index (χ3n) is 2.54. The quantitative estimate of drug-likeness (QED) is 0.669. The lowest BCUT2D eigenvalue weighted by Crippen LogP contribution is -1.96. The van der Waals surface area contributed by atoms with E-state index in [1.54, 1.807) is 12.1 Å². The van der Waals surface area contributed by atoms with Gasteiger partial charge in [0, 0.05) is 0 Å². The van der Waals surface area contributed by atoms with E-state index in [1.807, 2.05) is 6.92 Å². The van der Waals surface area contributed by atoms with Gasteiger partial charge in [-0.3, -0.25) is 4.55 Å². The first-order chi connectivity index (χ1) is 9.36. The van der Waals surface area contributed by atoms with E-state index in [-0.39, 0.29) is 10.6 Å². The highest BCUT2D eigenvalue weighted by Crippen LogP contribution is 2.29. The zero-order chi connectivity index (χ0) is 14.8. The van der Waals surface area contributed by atoms with Gasteiger partial charge in [0.2, 0.25) is 0 Å². The largest absolute Gasteiger partial charge is 0.506 e. The molecule has 0 saturated heterocycles. The lowest BCUT2D eigenvalue weighted by Gasteiger charge is -1.99. The fourth-order valence-corrected chi connectivity index (χ4v) is 1.99. The predicted molar refractivity (Wildman–Crippen MR) is 73.3 cm³/mol. The van der Waals surface area contributed by atoms with E-state index >= 15 is 0 Å². The van der Waals surface area contributed by atoms with Crippen molar-refractivity contribution in [2.24, 2.45) is 10.2 Å². The zero-order valence-corrected chi connectivity index (χ0v) is 11.4. The van der Waals surface area contributed by atoms with Crippen molar-refractivity contribution < 1.29 is 18.1 Å². The molecule has 0 radical (unpaired) electrons. The van der Waals surface area contributed by atoms with Crippen molar-refractivity contribution >= 4 is 21.5 Å². The Morgan fingerprint density at radius 3 is 2.25 bits per heavy atom. The van der Waals surface area contributed by atoms with Gasteiger partial charge in [-0.1, -0.05) is 6.07 Å². The number of nitrogens with zero attached hydrogens (tertiary/aromatic N) is 2. The molecule has 2 aromatic carbocycles. The van der Waals surface area contributed by atoms with Gasteiger partial charge in [-0.05, 0) is 48.9 Å². The molecule has 20 heavy (non-hydrogen) atoms. The summed E-state index contributed by atoms with van der Waals surface area (Å²) in [7, 11) is -4.21. The number of hydrogen-bond donors (Lipinski definition) is 2. The van der Waals surface area contributed by atoms with Gasteiger partial charge < -0.3 is 5.11 Å². The number of azo groups is 1. The number of aryl methyl sites for hydroxylation is 1. The van der Waals surface area contributed by atoms with Crippen LogP contribution in [0.5, 0.6) is 5.75 Å². The van der Waals surface area contributed by atoms with E-state index in [0.29, 0.717) is 11.4 Å². The van der Waals surface area contributed by atoms with Gasteiger partial charge in [0.15, 0.2) is 0 Å². The number of benzene rings is 2. The van der Waals surface area contributed by atoms with Crippen LogP contribution in [-0.4, -0.2) is 18.1 Å². The Bertz CT molecular complexity index is 752. The maximum atomic E-state index is 10.9. The van der Waals surface area contributed by atoms with Crippen molar-refractivity contribution in [3.05, 3.63) is 48.0 Å². The highest BCUT2D eigenvalue weighted by molar-refractivity contribution is 7.85. The third-order valence-corrected chi connectivity index (χ3v) is 3.41. The summed E-state index contributed by atoms with van der Waals surface area (Å²) in [6, 6.07) is 10.2. The van der Waals surface area contributed by atoms with Crippen molar-refractivity contribution in [3.8, 4) is 5.75 Å². The van der Waals surface area contributed by atoms with Gasteiger partial charge in [-0.25, -0.2) is 0 Å². The summed E-state index contributed by atoms with van der Waals surface area (Å²) >= 11 is 0. The minimum atomic E-state index is -4.21. The molecule has 2 N–H and O–H groups in total. The maximum Gasteiger partial charge on any atom is 0.294 e. The summed E-state index contributed by atoms with van der Waals surface area (Å²) in [6.45, 7) is 1.86. The molecule has 0 aromatic heterocycles. The van der Waals surface area contributed by atoms with Crippen molar-refractivity contribution in [2.45, 2.75) is 11.8 Å². The number of phenolic OH excluding ortho intramolecular Hbond substituents is 1. The first-order valence-electron chi connectivity index (χ1n) is 5.65. The number of phenols is 1. The van der Waals surface area contributed by atoms with E-state index in [0.717, 1.165) is 5.56 Å². The zero-order valence-electron chi connectivity index (χ0n) is 10.6. The molecule has 0 bridgehead atoms. The highest BCUT2D eigenvalue weighted by Gasteiger charge is 2.08. The van der Waals surface area contributed by atoms with Gasteiger partial charge in [0.25, 0.3) is 10.1 Å². The second kappa shape index (κ2) is 5.40. The molecule has 0 spiro atoms. The predicted octanol–water partition coefficient (Wildman–Crippen LogP) is 3.36. The Morgan fingerprint density at radius 1 is 1.00 bits per heavy atom. The van der Waals surface area contributed by atoms with Gasteiger partial charge >= 0.3 is 0 Å². The van der Waals surface area contributed by atoms with E-state index in [2.05, 4.69) is 10.2 Å². The van der Waals surface area contributed by atoms with Crippen LogP contribution in [0.1, 0.15) is 5.56 Å². The lowest BCUT2D eigenvalue weighted by atomic mass is 10.2. The lowest BCUT2D eigenvalue weighted by molar-refractivity contribution is 0.476. The van der Waals surface area contributed by atoms with Crippen LogP contribution in [0.2, 0.25) is 0 Å². The van der Waals surface area contributed by atoms with Crippen LogP contribution in [0.3, 0.4) is 0 Å². The SMILES string of the molecule is Cc1ccc(O)c(/N=N/c2ccc(S(=O)(=O)O)cc2)c1. The van der Waals surface area contributed by atoms with Crippen LogP contribution in [0.4, 0.5) is 11.4 Å². The van der Waals surface area contributed by atoms with E-state index in [9.17, 15) is 13.5 Å². The highest BCUT2D eigenvalue weighted by atomic mass is 32.2. The van der Waals surface area contributed by atoms with Crippen molar-refractivity contribution in [1.82, 2.24) is 0 Å². The van der Waals surface area contributed by atoms with E-state index < -0.39 is 10.1 Å². The average Bonchev–Trinajstić information content (AvgIpc) is 2.39. The van der Waals surface area contributed by atoms with Crippen LogP contribution in [0.25, 0.3) is 0 Å². The topological polar surface area (TPSA) is 99.3 Å². The second-order valence-corrected chi connectivity index (χ2v) is 5.58. The van der Waals surface area contributed by atoms with E-state index in [4.69, 9.17) is 4.55 Å². The molecule has 0 aliphatic carbocycles. The van der Waals surface area contributed by atoms with Crippen LogP contribution in [-0.2, 0) is 10.1 Å². The Kier molecular flexibility index (Phi) is 3.82. The minimum absolute atomic E-state index is 0.00825. The molecule has 0 saturated carbocycles. The molecule has 0 amide bonds. The molecule has 104 valence electrons. The van der Waals surface area contributed by atoms with Gasteiger partial charge in [-0.15, -0.1) is 5.11 Å². The summed E-state index contributed by atoms with van der Waals surface area (Å²) in [6.07, 6.45) is 0.